The second-order valence-corrected chi connectivity index (χ2v) is 6.42. The molecule has 1 saturated heterocycles. The summed E-state index contributed by atoms with van der Waals surface area (Å²) in [6.07, 6.45) is 0. The molecule has 0 atom stereocenters. The zero-order chi connectivity index (χ0) is 17.4. The van der Waals surface area contributed by atoms with Gasteiger partial charge in [-0.05, 0) is 31.3 Å². The average molecular weight is 354 g/mol. The molecule has 0 radical (unpaired) electrons. The van der Waals surface area contributed by atoms with E-state index >= 15 is 0 Å². The van der Waals surface area contributed by atoms with E-state index < -0.39 is 0 Å². The quantitative estimate of drug-likeness (QED) is 0.592. The third-order valence-corrected chi connectivity index (χ3v) is 4.48. The van der Waals surface area contributed by atoms with Crippen molar-refractivity contribution in [3.05, 3.63) is 29.3 Å². The molecule has 7 heteroatoms. The van der Waals surface area contributed by atoms with Crippen LogP contribution in [0.3, 0.4) is 0 Å². The molecular formula is C17H28ClN5O. The van der Waals surface area contributed by atoms with Crippen molar-refractivity contribution in [2.75, 3.05) is 71.5 Å². The van der Waals surface area contributed by atoms with E-state index in [1.807, 2.05) is 12.1 Å². The lowest BCUT2D eigenvalue weighted by Crippen LogP contribution is -2.51. The zero-order valence-electron chi connectivity index (χ0n) is 14.6. The third-order valence-electron chi connectivity index (χ3n) is 4.23. The highest BCUT2D eigenvalue weighted by Crippen LogP contribution is 2.19. The van der Waals surface area contributed by atoms with Crippen LogP contribution in [0.15, 0.2) is 29.3 Å². The molecule has 0 unspecified atom stereocenters. The van der Waals surface area contributed by atoms with Gasteiger partial charge in [0.1, 0.15) is 0 Å². The van der Waals surface area contributed by atoms with Crippen LogP contribution in [-0.4, -0.2) is 82.3 Å². The van der Waals surface area contributed by atoms with E-state index in [9.17, 15) is 0 Å². The number of benzene rings is 1. The maximum Gasteiger partial charge on any atom is 0.191 e. The molecule has 2 rings (SSSR count). The molecule has 0 saturated carbocycles. The summed E-state index contributed by atoms with van der Waals surface area (Å²) < 4.78 is 5.07. The maximum atomic E-state index is 6.14. The molecule has 24 heavy (non-hydrogen) atoms. The lowest BCUT2D eigenvalue weighted by atomic mass is 10.2. The predicted octanol–water partition coefficient (Wildman–Crippen LogP) is 1.35. The highest BCUT2D eigenvalue weighted by Gasteiger charge is 2.18. The van der Waals surface area contributed by atoms with Crippen LogP contribution in [0.5, 0.6) is 0 Å². The van der Waals surface area contributed by atoms with Crippen molar-refractivity contribution in [2.24, 2.45) is 10.7 Å². The summed E-state index contributed by atoms with van der Waals surface area (Å²) in [7, 11) is 3.78. The summed E-state index contributed by atoms with van der Waals surface area (Å²) in [4.78, 5) is 11.2. The van der Waals surface area contributed by atoms with Crippen molar-refractivity contribution in [1.29, 1.82) is 0 Å². The first-order chi connectivity index (χ1) is 11.6. The summed E-state index contributed by atoms with van der Waals surface area (Å²) in [5, 5.41) is 0.768. The monoisotopic (exact) mass is 353 g/mol. The fraction of sp³-hybridized carbons (Fsp3) is 0.588. The van der Waals surface area contributed by atoms with Gasteiger partial charge in [-0.2, -0.15) is 0 Å². The van der Waals surface area contributed by atoms with E-state index in [2.05, 4.69) is 38.9 Å². The van der Waals surface area contributed by atoms with Crippen molar-refractivity contribution in [3.8, 4) is 0 Å². The Bertz CT molecular complexity index is 514. The van der Waals surface area contributed by atoms with Crippen LogP contribution in [0.2, 0.25) is 5.02 Å². The first-order valence-corrected chi connectivity index (χ1v) is 8.71. The number of anilines is 1. The molecule has 0 aromatic heterocycles. The lowest BCUT2D eigenvalue weighted by molar-refractivity contribution is 0.163. The van der Waals surface area contributed by atoms with E-state index in [1.165, 1.54) is 5.69 Å². The van der Waals surface area contributed by atoms with Crippen LogP contribution in [0.1, 0.15) is 0 Å². The van der Waals surface area contributed by atoms with E-state index in [-0.39, 0.29) is 0 Å². The predicted molar refractivity (Wildman–Crippen MR) is 101 cm³/mol. The molecule has 0 spiro atoms. The van der Waals surface area contributed by atoms with Gasteiger partial charge in [0, 0.05) is 57.1 Å². The highest BCUT2D eigenvalue weighted by atomic mass is 35.5. The van der Waals surface area contributed by atoms with Gasteiger partial charge in [0.2, 0.25) is 0 Å². The molecule has 0 bridgehead atoms. The first-order valence-electron chi connectivity index (χ1n) is 8.33. The standard InChI is InChI=1S/C17H28ClN5O/c1-21(13-14-24-2)8-7-20-17(19)23-11-9-22(10-12-23)16-5-3-15(18)4-6-16/h3-6H,7-14H2,1-2H3,(H2,19,20). The Hall–Kier alpha value is -1.50. The molecule has 0 amide bonds. The fourth-order valence-corrected chi connectivity index (χ4v) is 2.77. The molecule has 1 aliphatic rings. The van der Waals surface area contributed by atoms with Gasteiger partial charge in [0.05, 0.1) is 13.2 Å². The van der Waals surface area contributed by atoms with Crippen LogP contribution in [0.25, 0.3) is 0 Å². The minimum absolute atomic E-state index is 0.644. The third kappa shape index (κ3) is 5.85. The number of ether oxygens (including phenoxy) is 1. The largest absolute Gasteiger partial charge is 0.383 e. The van der Waals surface area contributed by atoms with E-state index in [0.29, 0.717) is 12.5 Å². The molecule has 1 aliphatic heterocycles. The Morgan fingerprint density at radius 2 is 1.88 bits per heavy atom. The maximum absolute atomic E-state index is 6.14. The van der Waals surface area contributed by atoms with Crippen LogP contribution >= 0.6 is 11.6 Å². The first kappa shape index (κ1) is 18.8. The van der Waals surface area contributed by atoms with Crippen molar-refractivity contribution < 1.29 is 4.74 Å². The molecule has 134 valence electrons. The number of hydrogen-bond donors (Lipinski definition) is 1. The molecular weight excluding hydrogens is 326 g/mol. The number of hydrogen-bond acceptors (Lipinski definition) is 4. The smallest absolute Gasteiger partial charge is 0.191 e. The lowest BCUT2D eigenvalue weighted by Gasteiger charge is -2.36. The molecule has 1 aromatic carbocycles. The van der Waals surface area contributed by atoms with Crippen LogP contribution in [-0.2, 0) is 4.74 Å². The normalized spacial score (nSPS) is 16.1. The second kappa shape index (κ2) is 9.71. The van der Waals surface area contributed by atoms with E-state index in [0.717, 1.165) is 50.9 Å². The molecule has 2 N–H and O–H groups in total. The molecule has 1 heterocycles. The Labute approximate surface area is 149 Å². The highest BCUT2D eigenvalue weighted by molar-refractivity contribution is 6.30. The zero-order valence-corrected chi connectivity index (χ0v) is 15.4. The number of nitrogens with two attached hydrogens (primary N) is 1. The molecule has 6 nitrogen and oxygen atoms in total. The fourth-order valence-electron chi connectivity index (χ4n) is 2.64. The van der Waals surface area contributed by atoms with Crippen molar-refractivity contribution in [2.45, 2.75) is 0 Å². The van der Waals surface area contributed by atoms with Gasteiger partial charge >= 0.3 is 0 Å². The molecule has 1 aromatic rings. The number of guanidine groups is 1. The number of nitrogens with zero attached hydrogens (tertiary/aromatic N) is 4. The van der Waals surface area contributed by atoms with Crippen molar-refractivity contribution in [1.82, 2.24) is 9.80 Å². The summed E-state index contributed by atoms with van der Waals surface area (Å²) in [5.41, 5.74) is 7.34. The van der Waals surface area contributed by atoms with Gasteiger partial charge < -0.3 is 25.2 Å². The number of methoxy groups -OCH3 is 1. The second-order valence-electron chi connectivity index (χ2n) is 5.99. The van der Waals surface area contributed by atoms with Gasteiger partial charge in [-0.25, -0.2) is 0 Å². The van der Waals surface area contributed by atoms with Crippen molar-refractivity contribution >= 4 is 23.2 Å². The number of likely N-dealkylation sites (N-methyl/N-ethyl adjacent to an activating group) is 1. The Morgan fingerprint density at radius 3 is 2.50 bits per heavy atom. The van der Waals surface area contributed by atoms with Gasteiger partial charge in [-0.1, -0.05) is 11.6 Å². The van der Waals surface area contributed by atoms with Gasteiger partial charge in [-0.15, -0.1) is 0 Å². The van der Waals surface area contributed by atoms with Gasteiger partial charge in [0.15, 0.2) is 5.96 Å². The van der Waals surface area contributed by atoms with Crippen LogP contribution in [0, 0.1) is 0 Å². The minimum atomic E-state index is 0.644. The summed E-state index contributed by atoms with van der Waals surface area (Å²) in [5.74, 6) is 0.644. The van der Waals surface area contributed by atoms with E-state index in [1.54, 1.807) is 7.11 Å². The minimum Gasteiger partial charge on any atom is -0.383 e. The van der Waals surface area contributed by atoms with Gasteiger partial charge in [0.25, 0.3) is 0 Å². The van der Waals surface area contributed by atoms with E-state index in [4.69, 9.17) is 22.1 Å². The van der Waals surface area contributed by atoms with Gasteiger partial charge in [-0.3, -0.25) is 4.99 Å². The Balaban J connectivity index is 1.74. The number of halogens is 1. The SMILES string of the molecule is COCCN(C)CCN=C(N)N1CCN(c2ccc(Cl)cc2)CC1. The van der Waals surface area contributed by atoms with Crippen LogP contribution in [0.4, 0.5) is 5.69 Å². The molecule has 1 fully saturated rings. The van der Waals surface area contributed by atoms with Crippen LogP contribution < -0.4 is 10.6 Å². The average Bonchev–Trinajstić information content (AvgIpc) is 2.60. The van der Waals surface area contributed by atoms with Crippen molar-refractivity contribution in [3.63, 3.8) is 0 Å². The Kier molecular flexibility index (Phi) is 7.62. The number of piperazine rings is 1. The Morgan fingerprint density at radius 1 is 1.21 bits per heavy atom. The summed E-state index contributed by atoms with van der Waals surface area (Å²) in [6.45, 7) is 6.89. The number of rotatable bonds is 7. The number of aliphatic imine (C=N–C) groups is 1. The summed E-state index contributed by atoms with van der Waals surface area (Å²) >= 11 is 5.94. The topological polar surface area (TPSA) is 57.3 Å². The summed E-state index contributed by atoms with van der Waals surface area (Å²) in [6, 6.07) is 7.98. The molecule has 0 aliphatic carbocycles.